The van der Waals surface area contributed by atoms with Crippen LogP contribution in [0.5, 0.6) is 0 Å². The van der Waals surface area contributed by atoms with Gasteiger partial charge in [0.1, 0.15) is 4.24 Å². The van der Waals surface area contributed by atoms with E-state index in [1.807, 2.05) is 30.3 Å². The van der Waals surface area contributed by atoms with E-state index in [-0.39, 0.29) is 51.4 Å². The molecule has 76 valence electrons. The van der Waals surface area contributed by atoms with Gasteiger partial charge >= 0.3 is 51.4 Å². The molecule has 0 aromatic heterocycles. The summed E-state index contributed by atoms with van der Waals surface area (Å²) in [7, 11) is 0. The van der Waals surface area contributed by atoms with Gasteiger partial charge in [0.15, 0.2) is 0 Å². The molecule has 6 heteroatoms. The molecule has 15 heavy (non-hydrogen) atoms. The summed E-state index contributed by atoms with van der Waals surface area (Å²) >= 11 is 5.32. The number of nitro groups is 1. The molecule has 3 nitrogen and oxygen atoms in total. The first-order chi connectivity index (χ1) is 6.68. The molecule has 0 fully saturated rings. The average Bonchev–Trinajstić information content (AvgIpc) is 2.15. The zero-order valence-electron chi connectivity index (χ0n) is 7.29. The molecular formula is C9H10KNO2S2. The van der Waals surface area contributed by atoms with Gasteiger partial charge in [-0.1, -0.05) is 30.3 Å². The van der Waals surface area contributed by atoms with Crippen molar-refractivity contribution >= 4 is 75.8 Å². The molecule has 0 heterocycles. The molecule has 0 atom stereocenters. The Kier molecular flexibility index (Phi) is 9.21. The van der Waals surface area contributed by atoms with Crippen LogP contribution in [0.15, 0.2) is 40.8 Å². The summed E-state index contributed by atoms with van der Waals surface area (Å²) in [6.07, 6.45) is 0.900. The molecule has 0 aliphatic heterocycles. The van der Waals surface area contributed by atoms with Crippen molar-refractivity contribution in [2.45, 2.75) is 5.75 Å². The second-order valence-corrected chi connectivity index (χ2v) is 4.33. The van der Waals surface area contributed by atoms with Gasteiger partial charge < -0.3 is 0 Å². The third kappa shape index (κ3) is 7.56. The Morgan fingerprint density at radius 1 is 1.47 bits per heavy atom. The molecular weight excluding hydrogens is 257 g/mol. The number of nitrogens with zero attached hydrogens (tertiary/aromatic N) is 1. The van der Waals surface area contributed by atoms with Crippen LogP contribution in [0.3, 0.4) is 0 Å². The Labute approximate surface area is 141 Å². The number of rotatable bonds is 4. The number of thiol groups is 1. The van der Waals surface area contributed by atoms with Crippen LogP contribution in [0.2, 0.25) is 0 Å². The zero-order valence-corrected chi connectivity index (χ0v) is 9.00. The SMILES string of the molecule is O=[N+]([O-])/C=C(\S)SCc1ccccc1.[KH]. The minimum absolute atomic E-state index is 0. The van der Waals surface area contributed by atoms with Gasteiger partial charge in [-0.2, -0.15) is 0 Å². The molecule has 0 unspecified atom stereocenters. The van der Waals surface area contributed by atoms with E-state index in [1.165, 1.54) is 11.8 Å². The maximum atomic E-state index is 10.1. The van der Waals surface area contributed by atoms with Crippen molar-refractivity contribution < 1.29 is 4.92 Å². The molecule has 0 saturated heterocycles. The normalized spacial score (nSPS) is 10.6. The quantitative estimate of drug-likeness (QED) is 0.394. The fourth-order valence-corrected chi connectivity index (χ4v) is 1.81. The number of thioether (sulfide) groups is 1. The van der Waals surface area contributed by atoms with Crippen molar-refractivity contribution in [3.8, 4) is 0 Å². The van der Waals surface area contributed by atoms with Gasteiger partial charge in [-0.15, -0.1) is 24.4 Å². The zero-order chi connectivity index (χ0) is 10.4. The van der Waals surface area contributed by atoms with E-state index in [4.69, 9.17) is 0 Å². The number of benzene rings is 1. The molecule has 0 radical (unpaired) electrons. The molecule has 1 rings (SSSR count). The Bertz CT molecular complexity index is 343. The van der Waals surface area contributed by atoms with Crippen LogP contribution in [0, 0.1) is 10.1 Å². The fourth-order valence-electron chi connectivity index (χ4n) is 0.859. The average molecular weight is 267 g/mol. The second-order valence-electron chi connectivity index (χ2n) is 2.53. The molecule has 0 aliphatic rings. The summed E-state index contributed by atoms with van der Waals surface area (Å²) in [6.45, 7) is 0. The summed E-state index contributed by atoms with van der Waals surface area (Å²) in [4.78, 5) is 9.59. The van der Waals surface area contributed by atoms with E-state index < -0.39 is 4.92 Å². The Morgan fingerprint density at radius 2 is 2.07 bits per heavy atom. The molecule has 1 aromatic rings. The maximum absolute atomic E-state index is 10.1. The molecule has 0 bridgehead atoms. The summed E-state index contributed by atoms with van der Waals surface area (Å²) < 4.78 is 0.416. The van der Waals surface area contributed by atoms with Crippen LogP contribution in [0.25, 0.3) is 0 Å². The van der Waals surface area contributed by atoms with Gasteiger partial charge in [-0.3, -0.25) is 10.1 Å². The predicted octanol–water partition coefficient (Wildman–Crippen LogP) is 2.28. The predicted molar refractivity (Wildman–Crippen MR) is 68.9 cm³/mol. The summed E-state index contributed by atoms with van der Waals surface area (Å²) in [6, 6.07) is 9.75. The molecule has 0 N–H and O–H groups in total. The van der Waals surface area contributed by atoms with Crippen molar-refractivity contribution in [1.82, 2.24) is 0 Å². The fraction of sp³-hybridized carbons (Fsp3) is 0.111. The summed E-state index contributed by atoms with van der Waals surface area (Å²) in [5, 5.41) is 10.1. The van der Waals surface area contributed by atoms with Crippen molar-refractivity contribution in [3.05, 3.63) is 56.4 Å². The van der Waals surface area contributed by atoms with Gasteiger partial charge in [-0.05, 0) is 5.56 Å². The van der Waals surface area contributed by atoms with E-state index in [2.05, 4.69) is 12.6 Å². The Balaban J connectivity index is 0.00000196. The van der Waals surface area contributed by atoms with E-state index in [1.54, 1.807) is 0 Å². The van der Waals surface area contributed by atoms with Gasteiger partial charge in [-0.25, -0.2) is 0 Å². The second kappa shape index (κ2) is 8.80. The van der Waals surface area contributed by atoms with Crippen molar-refractivity contribution in [2.75, 3.05) is 0 Å². The third-order valence-corrected chi connectivity index (χ3v) is 2.83. The topological polar surface area (TPSA) is 43.1 Å². The van der Waals surface area contributed by atoms with Crippen LogP contribution in [0.1, 0.15) is 5.56 Å². The molecule has 0 spiro atoms. The molecule has 0 amide bonds. The van der Waals surface area contributed by atoms with E-state index >= 15 is 0 Å². The van der Waals surface area contributed by atoms with E-state index in [0.29, 0.717) is 9.99 Å². The first-order valence-corrected chi connectivity index (χ1v) is 5.33. The van der Waals surface area contributed by atoms with Gasteiger partial charge in [0.2, 0.25) is 0 Å². The monoisotopic (exact) mass is 267 g/mol. The van der Waals surface area contributed by atoms with Crippen molar-refractivity contribution in [1.29, 1.82) is 0 Å². The number of hydrogen-bond donors (Lipinski definition) is 1. The molecule has 0 saturated carbocycles. The van der Waals surface area contributed by atoms with Crippen molar-refractivity contribution in [2.24, 2.45) is 0 Å². The van der Waals surface area contributed by atoms with Crippen molar-refractivity contribution in [3.63, 3.8) is 0 Å². The van der Waals surface area contributed by atoms with Crippen LogP contribution in [0.4, 0.5) is 0 Å². The van der Waals surface area contributed by atoms with Gasteiger partial charge in [0.05, 0.1) is 4.92 Å². The standard InChI is InChI=1S/C9H9NO2S2.K.H/c11-10(12)6-9(13)14-7-8-4-2-1-3-5-8;;/h1-6,13H,7H2;;/b9-6+;;. The van der Waals surface area contributed by atoms with Gasteiger partial charge in [0, 0.05) is 5.75 Å². The van der Waals surface area contributed by atoms with Gasteiger partial charge in [0.25, 0.3) is 6.20 Å². The van der Waals surface area contributed by atoms with Crippen LogP contribution >= 0.6 is 24.4 Å². The van der Waals surface area contributed by atoms with Crippen LogP contribution < -0.4 is 0 Å². The molecule has 0 aliphatic carbocycles. The number of hydrogen-bond acceptors (Lipinski definition) is 4. The third-order valence-electron chi connectivity index (χ3n) is 1.45. The summed E-state index contributed by atoms with van der Waals surface area (Å²) in [5.74, 6) is 0.698. The van der Waals surface area contributed by atoms with E-state index in [0.717, 1.165) is 11.8 Å². The van der Waals surface area contributed by atoms with Crippen LogP contribution in [-0.2, 0) is 5.75 Å². The first-order valence-electron chi connectivity index (χ1n) is 3.89. The molecule has 1 aromatic carbocycles. The minimum atomic E-state index is -0.500. The van der Waals surface area contributed by atoms with Crippen LogP contribution in [-0.4, -0.2) is 56.3 Å². The van der Waals surface area contributed by atoms with E-state index in [9.17, 15) is 10.1 Å². The first kappa shape index (κ1) is 15.7. The Hall–Kier alpha value is 0.696. The Morgan fingerprint density at radius 3 is 2.60 bits per heavy atom. The summed E-state index contributed by atoms with van der Waals surface area (Å²) in [5.41, 5.74) is 1.13.